The lowest BCUT2D eigenvalue weighted by Gasteiger charge is -2.16. The van der Waals surface area contributed by atoms with Crippen molar-refractivity contribution in [3.63, 3.8) is 0 Å². The van der Waals surface area contributed by atoms with E-state index in [4.69, 9.17) is 9.84 Å². The predicted molar refractivity (Wildman–Crippen MR) is 76.1 cm³/mol. The molecule has 0 radical (unpaired) electrons. The molecule has 0 fully saturated rings. The van der Waals surface area contributed by atoms with E-state index in [1.54, 1.807) is 12.1 Å². The number of ether oxygens (including phenoxy) is 1. The summed E-state index contributed by atoms with van der Waals surface area (Å²) in [5.74, 6) is -1.70. The van der Waals surface area contributed by atoms with E-state index in [1.165, 1.54) is 19.1 Å². The van der Waals surface area contributed by atoms with Crippen molar-refractivity contribution in [1.82, 2.24) is 5.32 Å². The lowest BCUT2D eigenvalue weighted by atomic mass is 10.0. The summed E-state index contributed by atoms with van der Waals surface area (Å²) in [4.78, 5) is 34.1. The van der Waals surface area contributed by atoms with Crippen molar-refractivity contribution < 1.29 is 24.2 Å². The van der Waals surface area contributed by atoms with Gasteiger partial charge in [0.25, 0.3) is 5.91 Å². The van der Waals surface area contributed by atoms with E-state index in [0.717, 1.165) is 0 Å². The minimum absolute atomic E-state index is 0.138. The smallest absolute Gasteiger partial charge is 0.326 e. The first-order valence-electron chi connectivity index (χ1n) is 6.61. The fourth-order valence-electron chi connectivity index (χ4n) is 1.80. The van der Waals surface area contributed by atoms with Crippen LogP contribution in [0.3, 0.4) is 0 Å². The second kappa shape index (κ2) is 7.42. The van der Waals surface area contributed by atoms with Gasteiger partial charge < -0.3 is 15.2 Å². The van der Waals surface area contributed by atoms with Crippen LogP contribution in [-0.2, 0) is 9.59 Å². The zero-order chi connectivity index (χ0) is 16.0. The largest absolute Gasteiger partial charge is 0.480 e. The minimum atomic E-state index is -1.08. The molecule has 6 nitrogen and oxygen atoms in total. The first-order chi connectivity index (χ1) is 9.79. The van der Waals surface area contributed by atoms with E-state index in [0.29, 0.717) is 6.42 Å². The number of hydrogen-bond donors (Lipinski definition) is 2. The van der Waals surface area contributed by atoms with Crippen molar-refractivity contribution in [2.45, 2.75) is 33.2 Å². The van der Waals surface area contributed by atoms with Gasteiger partial charge >= 0.3 is 11.9 Å². The highest BCUT2D eigenvalue weighted by Crippen LogP contribution is 2.14. The van der Waals surface area contributed by atoms with E-state index in [9.17, 15) is 14.4 Å². The molecule has 114 valence electrons. The molecule has 1 amide bonds. The molecule has 0 aromatic heterocycles. The van der Waals surface area contributed by atoms with Gasteiger partial charge in [-0.1, -0.05) is 19.9 Å². The zero-order valence-electron chi connectivity index (χ0n) is 12.3. The highest BCUT2D eigenvalue weighted by molar-refractivity contribution is 5.97. The molecule has 0 aliphatic rings. The highest BCUT2D eigenvalue weighted by atomic mass is 16.5. The Morgan fingerprint density at radius 1 is 1.29 bits per heavy atom. The summed E-state index contributed by atoms with van der Waals surface area (Å²) < 4.78 is 4.89. The van der Waals surface area contributed by atoms with Gasteiger partial charge in [-0.2, -0.15) is 0 Å². The maximum atomic E-state index is 12.1. The second-order valence-electron chi connectivity index (χ2n) is 5.12. The number of esters is 1. The molecule has 1 atom stereocenters. The Morgan fingerprint density at radius 2 is 1.95 bits per heavy atom. The maximum Gasteiger partial charge on any atom is 0.326 e. The summed E-state index contributed by atoms with van der Waals surface area (Å²) in [5.41, 5.74) is 0.240. The van der Waals surface area contributed by atoms with Crippen molar-refractivity contribution >= 4 is 17.8 Å². The molecule has 1 aromatic rings. The molecular weight excluding hydrogens is 274 g/mol. The first-order valence-corrected chi connectivity index (χ1v) is 6.61. The highest BCUT2D eigenvalue weighted by Gasteiger charge is 2.21. The van der Waals surface area contributed by atoms with Crippen LogP contribution in [-0.4, -0.2) is 29.0 Å². The van der Waals surface area contributed by atoms with Gasteiger partial charge in [-0.3, -0.25) is 9.59 Å². The molecule has 0 saturated heterocycles. The Balaban J connectivity index is 2.82. The summed E-state index contributed by atoms with van der Waals surface area (Å²) in [6.45, 7) is 5.02. The van der Waals surface area contributed by atoms with Crippen molar-refractivity contribution in [2.24, 2.45) is 5.92 Å². The van der Waals surface area contributed by atoms with E-state index >= 15 is 0 Å². The van der Waals surface area contributed by atoms with Gasteiger partial charge in [-0.25, -0.2) is 4.79 Å². The van der Waals surface area contributed by atoms with Crippen molar-refractivity contribution in [2.75, 3.05) is 0 Å². The number of benzene rings is 1. The number of carboxylic acids is 1. The lowest BCUT2D eigenvalue weighted by molar-refractivity contribution is -0.139. The fraction of sp³-hybridized carbons (Fsp3) is 0.400. The van der Waals surface area contributed by atoms with Gasteiger partial charge in [-0.15, -0.1) is 0 Å². The molecule has 0 heterocycles. The summed E-state index contributed by atoms with van der Waals surface area (Å²) in [6.07, 6.45) is 0.338. The number of rotatable bonds is 6. The zero-order valence-corrected chi connectivity index (χ0v) is 12.3. The topological polar surface area (TPSA) is 92.7 Å². The Hall–Kier alpha value is -2.37. The summed E-state index contributed by atoms with van der Waals surface area (Å²) in [6, 6.07) is 5.07. The van der Waals surface area contributed by atoms with Crippen molar-refractivity contribution in [3.05, 3.63) is 29.8 Å². The second-order valence-corrected chi connectivity index (χ2v) is 5.12. The van der Waals surface area contributed by atoms with Gasteiger partial charge in [0.2, 0.25) is 0 Å². The third-order valence-electron chi connectivity index (χ3n) is 2.67. The molecule has 0 saturated carbocycles. The number of carboxylic acid groups (broad SMARTS) is 1. The number of carbonyl (C=O) groups is 3. The number of hydrogen-bond acceptors (Lipinski definition) is 4. The summed E-state index contributed by atoms with van der Waals surface area (Å²) in [7, 11) is 0. The Morgan fingerprint density at radius 3 is 2.48 bits per heavy atom. The van der Waals surface area contributed by atoms with Gasteiger partial charge in [-0.05, 0) is 30.5 Å². The van der Waals surface area contributed by atoms with Crippen molar-refractivity contribution in [1.29, 1.82) is 0 Å². The van der Waals surface area contributed by atoms with Gasteiger partial charge in [0.15, 0.2) is 0 Å². The first kappa shape index (κ1) is 16.7. The van der Waals surface area contributed by atoms with Crippen LogP contribution < -0.4 is 10.1 Å². The summed E-state index contributed by atoms with van der Waals surface area (Å²) in [5, 5.41) is 11.6. The average Bonchev–Trinajstić information content (AvgIpc) is 2.36. The van der Waals surface area contributed by atoms with Crippen molar-refractivity contribution in [3.8, 4) is 5.75 Å². The van der Waals surface area contributed by atoms with E-state index < -0.39 is 23.9 Å². The normalized spacial score (nSPS) is 11.8. The molecule has 0 aliphatic heterocycles. The predicted octanol–water partition coefficient (Wildman–Crippen LogP) is 1.84. The third kappa shape index (κ3) is 5.64. The number of carbonyl (C=O) groups excluding carboxylic acids is 2. The van der Waals surface area contributed by atoms with Gasteiger partial charge in [0.1, 0.15) is 11.8 Å². The standard InChI is InChI=1S/C15H19NO5/c1-9(2)7-13(15(19)20)16-14(18)11-5-4-6-12(8-11)21-10(3)17/h4-6,8-9,13H,7H2,1-3H3,(H,16,18)(H,19,20)/t13-/m0/s1. The molecular formula is C15H19NO5. The molecule has 21 heavy (non-hydrogen) atoms. The molecule has 0 aliphatic carbocycles. The van der Waals surface area contributed by atoms with Gasteiger partial charge in [0.05, 0.1) is 0 Å². The molecule has 6 heteroatoms. The van der Waals surface area contributed by atoms with Crippen LogP contribution in [0.15, 0.2) is 24.3 Å². The number of amides is 1. The van der Waals surface area contributed by atoms with Crippen LogP contribution in [0.4, 0.5) is 0 Å². The average molecular weight is 293 g/mol. The lowest BCUT2D eigenvalue weighted by Crippen LogP contribution is -2.41. The molecule has 0 bridgehead atoms. The quantitative estimate of drug-likeness (QED) is 0.616. The summed E-state index contributed by atoms with van der Waals surface area (Å²) >= 11 is 0. The van der Waals surface area contributed by atoms with Crippen LogP contribution >= 0.6 is 0 Å². The van der Waals surface area contributed by atoms with E-state index in [1.807, 2.05) is 13.8 Å². The Kier molecular flexibility index (Phi) is 5.90. The van der Waals surface area contributed by atoms with E-state index in [2.05, 4.69) is 5.32 Å². The Labute approximate surface area is 123 Å². The SMILES string of the molecule is CC(=O)Oc1cccc(C(=O)N[C@@H](CC(C)C)C(=O)O)c1. The number of aliphatic carboxylic acids is 1. The number of nitrogens with one attached hydrogen (secondary N) is 1. The molecule has 2 N–H and O–H groups in total. The van der Waals surface area contributed by atoms with Crippen LogP contribution in [0.1, 0.15) is 37.6 Å². The Bertz CT molecular complexity index is 539. The third-order valence-corrected chi connectivity index (χ3v) is 2.67. The molecule has 0 spiro atoms. The molecule has 1 rings (SSSR count). The fourth-order valence-corrected chi connectivity index (χ4v) is 1.80. The van der Waals surface area contributed by atoms with Gasteiger partial charge in [0, 0.05) is 12.5 Å². The van der Waals surface area contributed by atoms with Crippen LogP contribution in [0.25, 0.3) is 0 Å². The minimum Gasteiger partial charge on any atom is -0.480 e. The van der Waals surface area contributed by atoms with E-state index in [-0.39, 0.29) is 17.2 Å². The maximum absolute atomic E-state index is 12.1. The van der Waals surface area contributed by atoms with Crippen LogP contribution in [0.2, 0.25) is 0 Å². The molecule has 0 unspecified atom stereocenters. The molecule has 1 aromatic carbocycles. The van der Waals surface area contributed by atoms with Crippen LogP contribution in [0, 0.1) is 5.92 Å². The monoisotopic (exact) mass is 293 g/mol. The van der Waals surface area contributed by atoms with Crippen LogP contribution in [0.5, 0.6) is 5.75 Å².